The predicted molar refractivity (Wildman–Crippen MR) is 89.7 cm³/mol. The van der Waals surface area contributed by atoms with Crippen LogP contribution < -0.4 is 0 Å². The summed E-state index contributed by atoms with van der Waals surface area (Å²) in [5.41, 5.74) is 0.894. The first kappa shape index (κ1) is 14.9. The van der Waals surface area contributed by atoms with Crippen LogP contribution in [0.5, 0.6) is 0 Å². The van der Waals surface area contributed by atoms with Crippen molar-refractivity contribution in [1.82, 2.24) is 0 Å². The van der Waals surface area contributed by atoms with Crippen LogP contribution in [0.3, 0.4) is 0 Å². The van der Waals surface area contributed by atoms with E-state index >= 15 is 0 Å². The van der Waals surface area contributed by atoms with Crippen LogP contribution in [0.2, 0.25) is 0 Å². The number of ketones is 1. The van der Waals surface area contributed by atoms with Gasteiger partial charge in [0, 0.05) is 11.3 Å². The Hall–Kier alpha value is -0.370. The zero-order valence-corrected chi connectivity index (χ0v) is 15.0. The van der Waals surface area contributed by atoms with Crippen LogP contribution in [-0.2, 0) is 4.79 Å². The Morgan fingerprint density at radius 3 is 2.52 bits per heavy atom. The number of hydrogen-bond donors (Lipinski definition) is 1. The SMILES string of the molecule is CC(=O)[C@@H]1CC[C@@H]2[C@@H]3C[C@H](O)[C@]45C[C@H]4CC[C@]5(C)[C@@H]3CC[C@]21C. The van der Waals surface area contributed by atoms with E-state index in [2.05, 4.69) is 13.8 Å². The van der Waals surface area contributed by atoms with E-state index in [0.29, 0.717) is 28.4 Å². The molecule has 2 heteroatoms. The zero-order chi connectivity index (χ0) is 16.2. The molecule has 1 spiro atoms. The Morgan fingerprint density at radius 1 is 1.04 bits per heavy atom. The van der Waals surface area contributed by atoms with Crippen LogP contribution in [0, 0.1) is 45.8 Å². The molecule has 0 aromatic heterocycles. The van der Waals surface area contributed by atoms with E-state index in [-0.39, 0.29) is 17.4 Å². The highest BCUT2D eigenvalue weighted by molar-refractivity contribution is 5.79. The summed E-state index contributed by atoms with van der Waals surface area (Å²) in [4.78, 5) is 12.2. The number of carbonyl (C=O) groups excluding carboxylic acids is 1. The number of Topliss-reactive ketones (excluding diaryl/α,β-unsaturated/α-hetero) is 1. The minimum atomic E-state index is -0.0695. The molecule has 23 heavy (non-hydrogen) atoms. The molecule has 9 atom stereocenters. The van der Waals surface area contributed by atoms with Crippen molar-refractivity contribution in [3.8, 4) is 0 Å². The van der Waals surface area contributed by atoms with Gasteiger partial charge in [-0.1, -0.05) is 13.8 Å². The molecule has 0 radical (unpaired) electrons. The van der Waals surface area contributed by atoms with E-state index in [1.54, 1.807) is 0 Å². The highest BCUT2D eigenvalue weighted by Crippen LogP contribution is 2.81. The van der Waals surface area contributed by atoms with Gasteiger partial charge in [-0.25, -0.2) is 0 Å². The number of aliphatic hydroxyl groups excluding tert-OH is 1. The van der Waals surface area contributed by atoms with Crippen molar-refractivity contribution in [1.29, 1.82) is 0 Å². The highest BCUT2D eigenvalue weighted by Gasteiger charge is 2.77. The molecule has 2 nitrogen and oxygen atoms in total. The third-order valence-electron chi connectivity index (χ3n) is 10.1. The van der Waals surface area contributed by atoms with Crippen molar-refractivity contribution in [2.45, 2.75) is 78.2 Å². The van der Waals surface area contributed by atoms with Gasteiger partial charge in [0.2, 0.25) is 0 Å². The van der Waals surface area contributed by atoms with Crippen LogP contribution in [0.25, 0.3) is 0 Å². The van der Waals surface area contributed by atoms with Gasteiger partial charge in [-0.15, -0.1) is 0 Å². The molecule has 0 aromatic carbocycles. The van der Waals surface area contributed by atoms with Crippen LogP contribution >= 0.6 is 0 Å². The molecule has 0 bridgehead atoms. The summed E-state index contributed by atoms with van der Waals surface area (Å²) in [6.07, 6.45) is 9.83. The second kappa shape index (κ2) is 4.23. The standard InChI is InChI=1S/C21H32O2/c1-12(22)15-4-5-16-14-10-18(23)21-11-13(21)6-9-20(21,3)17(14)7-8-19(15,16)2/h13-18,23H,4-11H2,1-3H3/t13-,14+,15+,16-,17-,18+,19+,20-,21+/m1/s1. The Morgan fingerprint density at radius 2 is 1.83 bits per heavy atom. The molecule has 5 fully saturated rings. The maximum atomic E-state index is 12.2. The first-order valence-electron chi connectivity index (χ1n) is 10.0. The molecule has 0 unspecified atom stereocenters. The molecule has 5 saturated carbocycles. The molecule has 5 rings (SSSR count). The fourth-order valence-corrected chi connectivity index (χ4v) is 8.98. The van der Waals surface area contributed by atoms with Crippen LogP contribution in [0.1, 0.15) is 72.1 Å². The Labute approximate surface area is 140 Å². The van der Waals surface area contributed by atoms with E-state index < -0.39 is 0 Å². The Balaban J connectivity index is 1.52. The average molecular weight is 316 g/mol. The minimum absolute atomic E-state index is 0.0695. The summed E-state index contributed by atoms with van der Waals surface area (Å²) in [7, 11) is 0. The molecule has 0 heterocycles. The van der Waals surface area contributed by atoms with Gasteiger partial charge in [0.25, 0.3) is 0 Å². The third-order valence-corrected chi connectivity index (χ3v) is 10.1. The molecule has 0 aromatic rings. The topological polar surface area (TPSA) is 37.3 Å². The van der Waals surface area contributed by atoms with Gasteiger partial charge in [0.15, 0.2) is 0 Å². The number of rotatable bonds is 1. The van der Waals surface area contributed by atoms with Crippen LogP contribution in [-0.4, -0.2) is 17.0 Å². The lowest BCUT2D eigenvalue weighted by Crippen LogP contribution is -2.56. The third kappa shape index (κ3) is 1.50. The molecule has 0 aliphatic heterocycles. The number of hydrogen-bond acceptors (Lipinski definition) is 2. The van der Waals surface area contributed by atoms with Crippen LogP contribution in [0.4, 0.5) is 0 Å². The fraction of sp³-hybridized carbons (Fsp3) is 0.952. The monoisotopic (exact) mass is 316 g/mol. The quantitative estimate of drug-likeness (QED) is 0.787. The Kier molecular flexibility index (Phi) is 2.75. The summed E-state index contributed by atoms with van der Waals surface area (Å²) >= 11 is 0. The van der Waals surface area contributed by atoms with Gasteiger partial charge in [-0.2, -0.15) is 0 Å². The summed E-state index contributed by atoms with van der Waals surface area (Å²) in [6.45, 7) is 6.74. The van der Waals surface area contributed by atoms with Crippen molar-refractivity contribution >= 4 is 5.78 Å². The van der Waals surface area contributed by atoms with Gasteiger partial charge in [0.1, 0.15) is 5.78 Å². The maximum absolute atomic E-state index is 12.2. The maximum Gasteiger partial charge on any atom is 0.133 e. The van der Waals surface area contributed by atoms with Crippen molar-refractivity contribution in [2.75, 3.05) is 0 Å². The number of aliphatic hydroxyl groups is 1. The predicted octanol–water partition coefficient (Wildman–Crippen LogP) is 4.21. The minimum Gasteiger partial charge on any atom is -0.393 e. The molecule has 128 valence electrons. The van der Waals surface area contributed by atoms with E-state index in [1.807, 2.05) is 6.92 Å². The van der Waals surface area contributed by atoms with Crippen LogP contribution in [0.15, 0.2) is 0 Å². The summed E-state index contributed by atoms with van der Waals surface area (Å²) in [5, 5.41) is 11.1. The smallest absolute Gasteiger partial charge is 0.133 e. The summed E-state index contributed by atoms with van der Waals surface area (Å²) in [5.74, 6) is 3.68. The summed E-state index contributed by atoms with van der Waals surface area (Å²) < 4.78 is 0. The van der Waals surface area contributed by atoms with E-state index in [1.165, 1.54) is 38.5 Å². The largest absolute Gasteiger partial charge is 0.393 e. The van der Waals surface area contributed by atoms with Gasteiger partial charge >= 0.3 is 0 Å². The summed E-state index contributed by atoms with van der Waals surface area (Å²) in [6, 6.07) is 0. The second-order valence-corrected chi connectivity index (χ2v) is 10.3. The molecule has 1 N–H and O–H groups in total. The van der Waals surface area contributed by atoms with E-state index in [9.17, 15) is 9.90 Å². The number of fused-ring (bicyclic) bond motifs is 4. The first-order valence-corrected chi connectivity index (χ1v) is 10.0. The van der Waals surface area contributed by atoms with Crippen molar-refractivity contribution in [3.05, 3.63) is 0 Å². The number of carbonyl (C=O) groups is 1. The first-order chi connectivity index (χ1) is 10.8. The lowest BCUT2D eigenvalue weighted by atomic mass is 9.45. The molecule has 5 aliphatic carbocycles. The lowest BCUT2D eigenvalue weighted by molar-refractivity contribution is -0.153. The molecule has 5 aliphatic rings. The van der Waals surface area contributed by atoms with Crippen molar-refractivity contribution in [3.63, 3.8) is 0 Å². The molecular weight excluding hydrogens is 284 g/mol. The lowest BCUT2D eigenvalue weighted by Gasteiger charge is -2.60. The average Bonchev–Trinajstić information content (AvgIpc) is 3.01. The highest BCUT2D eigenvalue weighted by atomic mass is 16.3. The Bertz CT molecular complexity index is 570. The van der Waals surface area contributed by atoms with Gasteiger partial charge in [0.05, 0.1) is 6.10 Å². The van der Waals surface area contributed by atoms with Crippen molar-refractivity contribution in [2.24, 2.45) is 45.8 Å². The zero-order valence-electron chi connectivity index (χ0n) is 15.0. The van der Waals surface area contributed by atoms with Gasteiger partial charge in [-0.05, 0) is 92.8 Å². The fourth-order valence-electron chi connectivity index (χ4n) is 8.98. The molecular formula is C21H32O2. The van der Waals surface area contributed by atoms with E-state index in [0.717, 1.165) is 24.7 Å². The van der Waals surface area contributed by atoms with Gasteiger partial charge in [-0.3, -0.25) is 4.79 Å². The van der Waals surface area contributed by atoms with Gasteiger partial charge < -0.3 is 5.11 Å². The van der Waals surface area contributed by atoms with E-state index in [4.69, 9.17) is 0 Å². The molecule has 0 amide bonds. The second-order valence-electron chi connectivity index (χ2n) is 10.3. The molecule has 0 saturated heterocycles. The normalized spacial score (nSPS) is 63.0. The van der Waals surface area contributed by atoms with Crippen molar-refractivity contribution < 1.29 is 9.90 Å².